The molecule has 1 saturated carbocycles. The Hall–Kier alpha value is -2.75. The fraction of sp³-hybridized carbons (Fsp3) is 0.400. The topological polar surface area (TPSA) is 43.4 Å². The summed E-state index contributed by atoms with van der Waals surface area (Å²) in [7, 11) is 0. The van der Waals surface area contributed by atoms with Crippen molar-refractivity contribution in [3.8, 4) is 17.4 Å². The Morgan fingerprint density at radius 3 is 2.66 bits per heavy atom. The number of rotatable bonds is 7. The molecule has 2 aromatic carbocycles. The maximum atomic E-state index is 6.06. The molecular weight excluding hydrogens is 360 g/mol. The summed E-state index contributed by atoms with van der Waals surface area (Å²) < 4.78 is 12.1. The molecule has 0 saturated heterocycles. The summed E-state index contributed by atoms with van der Waals surface area (Å²) in [6.45, 7) is 5.86. The van der Waals surface area contributed by atoms with Crippen LogP contribution in [0.25, 0.3) is 10.9 Å². The highest BCUT2D eigenvalue weighted by atomic mass is 16.5. The molecule has 1 aliphatic carbocycles. The van der Waals surface area contributed by atoms with Crippen LogP contribution in [0.4, 0.5) is 5.69 Å². The molecule has 1 heterocycles. The van der Waals surface area contributed by atoms with Crippen molar-refractivity contribution in [2.45, 2.75) is 46.0 Å². The van der Waals surface area contributed by atoms with Crippen LogP contribution in [0.3, 0.4) is 0 Å². The first-order valence-electron chi connectivity index (χ1n) is 10.8. The van der Waals surface area contributed by atoms with E-state index in [1.807, 2.05) is 37.3 Å². The standard InChI is InChI=1S/C25H30N2O2/c1-3-26-21-10-12-23-20(16-21)9-14-25(27-23)29-24-13-11-22(15-18(24)2)28-17-19-7-5-4-6-8-19/h9-16,19,26H,3-8,17H2,1-2H3. The van der Waals surface area contributed by atoms with Gasteiger partial charge in [-0.05, 0) is 80.6 Å². The van der Waals surface area contributed by atoms with Crippen LogP contribution in [0, 0.1) is 12.8 Å². The van der Waals surface area contributed by atoms with E-state index in [-0.39, 0.29) is 0 Å². The Balaban J connectivity index is 1.42. The lowest BCUT2D eigenvalue weighted by Gasteiger charge is -2.21. The van der Waals surface area contributed by atoms with Gasteiger partial charge in [-0.3, -0.25) is 0 Å². The SMILES string of the molecule is CCNc1ccc2nc(Oc3ccc(OCC4CCCCC4)cc3C)ccc2c1. The number of hydrogen-bond acceptors (Lipinski definition) is 4. The van der Waals surface area contributed by atoms with Crippen LogP contribution in [-0.4, -0.2) is 18.1 Å². The molecule has 0 amide bonds. The van der Waals surface area contributed by atoms with Gasteiger partial charge in [0.05, 0.1) is 12.1 Å². The summed E-state index contributed by atoms with van der Waals surface area (Å²) in [5.74, 6) is 3.04. The molecule has 4 heteroatoms. The molecule has 0 aliphatic heterocycles. The van der Waals surface area contributed by atoms with Gasteiger partial charge in [0, 0.05) is 23.7 Å². The monoisotopic (exact) mass is 390 g/mol. The fourth-order valence-electron chi connectivity index (χ4n) is 3.98. The maximum absolute atomic E-state index is 6.06. The van der Waals surface area contributed by atoms with E-state index in [1.165, 1.54) is 32.1 Å². The van der Waals surface area contributed by atoms with Crippen molar-refractivity contribution in [1.29, 1.82) is 0 Å². The van der Waals surface area contributed by atoms with E-state index in [0.29, 0.717) is 11.8 Å². The highest BCUT2D eigenvalue weighted by Gasteiger charge is 2.14. The van der Waals surface area contributed by atoms with Crippen molar-refractivity contribution in [3.05, 3.63) is 54.1 Å². The second-order valence-electron chi connectivity index (χ2n) is 7.93. The van der Waals surface area contributed by atoms with Crippen molar-refractivity contribution >= 4 is 16.6 Å². The van der Waals surface area contributed by atoms with Crippen LogP contribution in [0.5, 0.6) is 17.4 Å². The molecule has 0 atom stereocenters. The number of nitrogens with one attached hydrogen (secondary N) is 1. The Morgan fingerprint density at radius 2 is 1.86 bits per heavy atom. The summed E-state index contributed by atoms with van der Waals surface area (Å²) in [5.41, 5.74) is 3.08. The molecule has 0 unspecified atom stereocenters. The molecule has 3 aromatic rings. The molecule has 152 valence electrons. The molecule has 1 aromatic heterocycles. The zero-order valence-corrected chi connectivity index (χ0v) is 17.4. The van der Waals surface area contributed by atoms with Crippen molar-refractivity contribution < 1.29 is 9.47 Å². The minimum atomic E-state index is 0.604. The Kier molecular flexibility index (Phi) is 6.18. The third-order valence-corrected chi connectivity index (χ3v) is 5.62. The molecule has 0 radical (unpaired) electrons. The lowest BCUT2D eigenvalue weighted by atomic mass is 9.90. The molecule has 0 bridgehead atoms. The molecule has 1 aliphatic rings. The van der Waals surface area contributed by atoms with Crippen molar-refractivity contribution in [3.63, 3.8) is 0 Å². The van der Waals surface area contributed by atoms with Crippen molar-refractivity contribution in [1.82, 2.24) is 4.98 Å². The zero-order chi connectivity index (χ0) is 20.1. The van der Waals surface area contributed by atoms with E-state index in [4.69, 9.17) is 9.47 Å². The van der Waals surface area contributed by atoms with Crippen LogP contribution >= 0.6 is 0 Å². The quantitative estimate of drug-likeness (QED) is 0.486. The summed E-state index contributed by atoms with van der Waals surface area (Å²) in [5, 5.41) is 4.42. The van der Waals surface area contributed by atoms with Gasteiger partial charge in [0.25, 0.3) is 0 Å². The van der Waals surface area contributed by atoms with E-state index >= 15 is 0 Å². The van der Waals surface area contributed by atoms with Gasteiger partial charge in [-0.15, -0.1) is 0 Å². The number of benzene rings is 2. The lowest BCUT2D eigenvalue weighted by Crippen LogP contribution is -2.15. The fourth-order valence-corrected chi connectivity index (χ4v) is 3.98. The van der Waals surface area contributed by atoms with Gasteiger partial charge in [0.1, 0.15) is 11.5 Å². The predicted octanol–water partition coefficient (Wildman–Crippen LogP) is 6.73. The van der Waals surface area contributed by atoms with Crippen LogP contribution in [0.2, 0.25) is 0 Å². The molecule has 4 nitrogen and oxygen atoms in total. The van der Waals surface area contributed by atoms with Crippen LogP contribution in [0.1, 0.15) is 44.6 Å². The smallest absolute Gasteiger partial charge is 0.219 e. The largest absolute Gasteiger partial charge is 0.493 e. The van der Waals surface area contributed by atoms with Crippen molar-refractivity contribution in [2.24, 2.45) is 5.92 Å². The first-order valence-corrected chi connectivity index (χ1v) is 10.8. The maximum Gasteiger partial charge on any atom is 0.219 e. The molecule has 29 heavy (non-hydrogen) atoms. The van der Waals surface area contributed by atoms with Gasteiger partial charge >= 0.3 is 0 Å². The summed E-state index contributed by atoms with van der Waals surface area (Å²) in [6, 6.07) is 16.2. The van der Waals surface area contributed by atoms with E-state index in [1.54, 1.807) is 0 Å². The van der Waals surface area contributed by atoms with Gasteiger partial charge < -0.3 is 14.8 Å². The van der Waals surface area contributed by atoms with E-state index < -0.39 is 0 Å². The number of ether oxygens (including phenoxy) is 2. The van der Waals surface area contributed by atoms with Gasteiger partial charge in [0.15, 0.2) is 0 Å². The Bertz CT molecular complexity index is 964. The highest BCUT2D eigenvalue weighted by molar-refractivity contribution is 5.82. The minimum absolute atomic E-state index is 0.604. The molecule has 1 N–H and O–H groups in total. The number of fused-ring (bicyclic) bond motifs is 1. The normalized spacial score (nSPS) is 14.7. The zero-order valence-electron chi connectivity index (χ0n) is 17.4. The van der Waals surface area contributed by atoms with Gasteiger partial charge in [-0.2, -0.15) is 0 Å². The number of hydrogen-bond donors (Lipinski definition) is 1. The highest BCUT2D eigenvalue weighted by Crippen LogP contribution is 2.30. The predicted molar refractivity (Wildman–Crippen MR) is 119 cm³/mol. The first kappa shape index (κ1) is 19.6. The molecule has 4 rings (SSSR count). The third-order valence-electron chi connectivity index (χ3n) is 5.62. The van der Waals surface area contributed by atoms with Crippen LogP contribution < -0.4 is 14.8 Å². The second-order valence-corrected chi connectivity index (χ2v) is 7.93. The first-order chi connectivity index (χ1) is 14.2. The van der Waals surface area contributed by atoms with Crippen molar-refractivity contribution in [2.75, 3.05) is 18.5 Å². The van der Waals surface area contributed by atoms with E-state index in [2.05, 4.69) is 35.4 Å². The minimum Gasteiger partial charge on any atom is -0.493 e. The van der Waals surface area contributed by atoms with Gasteiger partial charge in [-0.25, -0.2) is 4.98 Å². The molecular formula is C25H30N2O2. The van der Waals surface area contributed by atoms with E-state index in [0.717, 1.165) is 46.8 Å². The number of pyridine rings is 1. The average molecular weight is 391 g/mol. The molecule has 1 fully saturated rings. The van der Waals surface area contributed by atoms with E-state index in [9.17, 15) is 0 Å². The number of nitrogens with zero attached hydrogens (tertiary/aromatic N) is 1. The Labute approximate surface area is 173 Å². The van der Waals surface area contributed by atoms with Crippen LogP contribution in [-0.2, 0) is 0 Å². The second kappa shape index (κ2) is 9.17. The van der Waals surface area contributed by atoms with Gasteiger partial charge in [-0.1, -0.05) is 19.3 Å². The summed E-state index contributed by atoms with van der Waals surface area (Å²) >= 11 is 0. The average Bonchev–Trinajstić information content (AvgIpc) is 2.75. The number of aryl methyl sites for hydroxylation is 1. The summed E-state index contributed by atoms with van der Waals surface area (Å²) in [6.07, 6.45) is 6.65. The number of aromatic nitrogens is 1. The Morgan fingerprint density at radius 1 is 1.00 bits per heavy atom. The molecule has 0 spiro atoms. The third kappa shape index (κ3) is 5.00. The lowest BCUT2D eigenvalue weighted by molar-refractivity contribution is 0.208. The number of anilines is 1. The van der Waals surface area contributed by atoms with Crippen LogP contribution in [0.15, 0.2) is 48.5 Å². The summed E-state index contributed by atoms with van der Waals surface area (Å²) in [4.78, 5) is 4.65. The van der Waals surface area contributed by atoms with Gasteiger partial charge in [0.2, 0.25) is 5.88 Å².